The summed E-state index contributed by atoms with van der Waals surface area (Å²) in [6.07, 6.45) is -0.217. The highest BCUT2D eigenvalue weighted by Gasteiger charge is 2.16. The molecule has 1 aromatic rings. The van der Waals surface area contributed by atoms with Crippen molar-refractivity contribution in [2.75, 3.05) is 17.5 Å². The molecule has 7 nitrogen and oxygen atoms in total. The van der Waals surface area contributed by atoms with E-state index in [4.69, 9.17) is 5.11 Å². The predicted octanol–water partition coefficient (Wildman–Crippen LogP) is 0.653. The first-order valence-corrected chi connectivity index (χ1v) is 7.54. The molecule has 0 heterocycles. The first-order valence-electron chi connectivity index (χ1n) is 5.89. The number of carboxylic acid groups (broad SMARTS) is 1. The van der Waals surface area contributed by atoms with Gasteiger partial charge in [-0.25, -0.2) is 8.42 Å². The van der Waals surface area contributed by atoms with Crippen LogP contribution in [0.15, 0.2) is 24.3 Å². The minimum absolute atomic E-state index is 0.00675. The molecule has 20 heavy (non-hydrogen) atoms. The molecule has 0 fully saturated rings. The van der Waals surface area contributed by atoms with Crippen molar-refractivity contribution >= 4 is 27.6 Å². The molecule has 3 N–H and O–H groups in total. The van der Waals surface area contributed by atoms with Crippen molar-refractivity contribution in [1.29, 1.82) is 0 Å². The summed E-state index contributed by atoms with van der Waals surface area (Å²) in [6, 6.07) is 6.18. The third-order valence-electron chi connectivity index (χ3n) is 2.47. The summed E-state index contributed by atoms with van der Waals surface area (Å²) in [5.41, 5.74) is 0.374. The highest BCUT2D eigenvalue weighted by Crippen LogP contribution is 2.16. The smallest absolute Gasteiger partial charge is 0.303 e. The second kappa shape index (κ2) is 6.90. The summed E-state index contributed by atoms with van der Waals surface area (Å²) in [7, 11) is -2.24. The van der Waals surface area contributed by atoms with Crippen molar-refractivity contribution in [3.63, 3.8) is 0 Å². The standard InChI is InChI=1S/C12H16N2O5S/c1-13-12(17)9-5-2-3-6-10(9)14-20(18,19)8-4-7-11(15)16/h2-3,5-6,14H,4,7-8H2,1H3,(H,13,17)(H,15,16). The molecule has 1 rings (SSSR count). The number of para-hydroxylation sites is 1. The van der Waals surface area contributed by atoms with E-state index in [0.29, 0.717) is 0 Å². The van der Waals surface area contributed by atoms with Crippen LogP contribution in [0.2, 0.25) is 0 Å². The fraction of sp³-hybridized carbons (Fsp3) is 0.333. The lowest BCUT2D eigenvalue weighted by Gasteiger charge is -2.11. The fourth-order valence-corrected chi connectivity index (χ4v) is 2.68. The van der Waals surface area contributed by atoms with Crippen LogP contribution in [-0.4, -0.2) is 38.2 Å². The molecular weight excluding hydrogens is 284 g/mol. The van der Waals surface area contributed by atoms with Crippen LogP contribution in [-0.2, 0) is 14.8 Å². The number of anilines is 1. The monoisotopic (exact) mass is 300 g/mol. The Kier molecular flexibility index (Phi) is 5.51. The van der Waals surface area contributed by atoms with Gasteiger partial charge >= 0.3 is 5.97 Å². The molecule has 0 aliphatic rings. The van der Waals surface area contributed by atoms with Crippen LogP contribution >= 0.6 is 0 Å². The van der Waals surface area contributed by atoms with Gasteiger partial charge in [0, 0.05) is 13.5 Å². The van der Waals surface area contributed by atoms with E-state index in [1.54, 1.807) is 12.1 Å². The molecule has 0 saturated carbocycles. The first-order chi connectivity index (χ1) is 9.35. The van der Waals surface area contributed by atoms with Crippen LogP contribution in [0.25, 0.3) is 0 Å². The second-order valence-electron chi connectivity index (χ2n) is 4.04. The van der Waals surface area contributed by atoms with Gasteiger partial charge in [0.25, 0.3) is 5.91 Å². The van der Waals surface area contributed by atoms with Crippen molar-refractivity contribution in [1.82, 2.24) is 5.32 Å². The van der Waals surface area contributed by atoms with E-state index in [1.165, 1.54) is 19.2 Å². The average Bonchev–Trinajstić information content (AvgIpc) is 2.37. The van der Waals surface area contributed by atoms with E-state index in [1.807, 2.05) is 0 Å². The van der Waals surface area contributed by atoms with Gasteiger partial charge < -0.3 is 10.4 Å². The molecule has 1 amide bonds. The van der Waals surface area contributed by atoms with E-state index < -0.39 is 21.9 Å². The maximum Gasteiger partial charge on any atom is 0.303 e. The Morgan fingerprint density at radius 2 is 1.90 bits per heavy atom. The van der Waals surface area contributed by atoms with E-state index in [2.05, 4.69) is 10.0 Å². The summed E-state index contributed by atoms with van der Waals surface area (Å²) in [4.78, 5) is 22.0. The highest BCUT2D eigenvalue weighted by molar-refractivity contribution is 7.92. The van der Waals surface area contributed by atoms with Gasteiger partial charge in [0.05, 0.1) is 17.0 Å². The lowest BCUT2D eigenvalue weighted by atomic mass is 10.2. The van der Waals surface area contributed by atoms with Crippen molar-refractivity contribution < 1.29 is 23.1 Å². The average molecular weight is 300 g/mol. The maximum absolute atomic E-state index is 11.8. The molecule has 0 spiro atoms. The van der Waals surface area contributed by atoms with Gasteiger partial charge in [-0.15, -0.1) is 0 Å². The molecule has 0 aliphatic carbocycles. The number of hydrogen-bond donors (Lipinski definition) is 3. The van der Waals surface area contributed by atoms with Gasteiger partial charge in [-0.3, -0.25) is 14.3 Å². The van der Waals surface area contributed by atoms with Gasteiger partial charge in [-0.1, -0.05) is 12.1 Å². The summed E-state index contributed by atoms with van der Waals surface area (Å²) >= 11 is 0. The second-order valence-corrected chi connectivity index (χ2v) is 5.88. The number of rotatable bonds is 7. The molecule has 1 aromatic carbocycles. The first kappa shape index (κ1) is 16.0. The normalized spacial score (nSPS) is 10.8. The Morgan fingerprint density at radius 3 is 2.50 bits per heavy atom. The van der Waals surface area contributed by atoms with E-state index in [9.17, 15) is 18.0 Å². The van der Waals surface area contributed by atoms with Gasteiger partial charge in [0.2, 0.25) is 10.0 Å². The Morgan fingerprint density at radius 1 is 1.25 bits per heavy atom. The molecule has 0 aromatic heterocycles. The van der Waals surface area contributed by atoms with E-state index in [0.717, 1.165) is 0 Å². The predicted molar refractivity (Wildman–Crippen MR) is 74.1 cm³/mol. The molecule has 0 bridgehead atoms. The van der Waals surface area contributed by atoms with Gasteiger partial charge in [0.15, 0.2) is 0 Å². The molecule has 8 heteroatoms. The Hall–Kier alpha value is -2.09. The van der Waals surface area contributed by atoms with Crippen LogP contribution in [0, 0.1) is 0 Å². The molecule has 0 aliphatic heterocycles. The third kappa shape index (κ3) is 4.88. The molecule has 0 radical (unpaired) electrons. The number of carbonyl (C=O) groups excluding carboxylic acids is 1. The van der Waals surface area contributed by atoms with Crippen molar-refractivity contribution in [2.45, 2.75) is 12.8 Å². The number of sulfonamides is 1. The van der Waals surface area contributed by atoms with Crippen LogP contribution in [0.4, 0.5) is 5.69 Å². The van der Waals surface area contributed by atoms with Crippen LogP contribution in [0.5, 0.6) is 0 Å². The van der Waals surface area contributed by atoms with Crippen LogP contribution in [0.1, 0.15) is 23.2 Å². The van der Waals surface area contributed by atoms with Gasteiger partial charge in [-0.2, -0.15) is 0 Å². The molecule has 0 unspecified atom stereocenters. The number of benzene rings is 1. The topological polar surface area (TPSA) is 113 Å². The highest BCUT2D eigenvalue weighted by atomic mass is 32.2. The largest absolute Gasteiger partial charge is 0.481 e. The van der Waals surface area contributed by atoms with Crippen LogP contribution in [0.3, 0.4) is 0 Å². The fourth-order valence-electron chi connectivity index (χ4n) is 1.54. The summed E-state index contributed by atoms with van der Waals surface area (Å²) in [5.74, 6) is -1.78. The molecule has 0 atom stereocenters. The lowest BCUT2D eigenvalue weighted by molar-refractivity contribution is -0.137. The Bertz CT molecular complexity index is 598. The number of amides is 1. The van der Waals surface area contributed by atoms with Gasteiger partial charge in [0.1, 0.15) is 0 Å². The number of aliphatic carboxylic acids is 1. The zero-order valence-electron chi connectivity index (χ0n) is 10.9. The quantitative estimate of drug-likeness (QED) is 0.684. The summed E-state index contributed by atoms with van der Waals surface area (Å²) in [6.45, 7) is 0. The maximum atomic E-state index is 11.8. The summed E-state index contributed by atoms with van der Waals surface area (Å²) < 4.78 is 25.9. The zero-order valence-corrected chi connectivity index (χ0v) is 11.7. The lowest BCUT2D eigenvalue weighted by Crippen LogP contribution is -2.23. The van der Waals surface area contributed by atoms with Crippen LogP contribution < -0.4 is 10.0 Å². The Labute approximate surface area is 117 Å². The SMILES string of the molecule is CNC(=O)c1ccccc1NS(=O)(=O)CCCC(=O)O. The Balaban J connectivity index is 2.82. The van der Waals surface area contributed by atoms with E-state index in [-0.39, 0.29) is 29.8 Å². The van der Waals surface area contributed by atoms with Crippen molar-refractivity contribution in [3.8, 4) is 0 Å². The number of hydrogen-bond acceptors (Lipinski definition) is 4. The van der Waals surface area contributed by atoms with Crippen molar-refractivity contribution in [3.05, 3.63) is 29.8 Å². The minimum Gasteiger partial charge on any atom is -0.481 e. The van der Waals surface area contributed by atoms with Crippen molar-refractivity contribution in [2.24, 2.45) is 0 Å². The zero-order chi connectivity index (χ0) is 15.2. The third-order valence-corrected chi connectivity index (χ3v) is 3.82. The molecular formula is C12H16N2O5S. The number of carboxylic acids is 1. The molecule has 110 valence electrons. The van der Waals surface area contributed by atoms with Gasteiger partial charge in [-0.05, 0) is 18.6 Å². The van der Waals surface area contributed by atoms with E-state index >= 15 is 0 Å². The number of carbonyl (C=O) groups is 2. The number of nitrogens with one attached hydrogen (secondary N) is 2. The summed E-state index contributed by atoms with van der Waals surface area (Å²) in [5, 5.41) is 10.9. The minimum atomic E-state index is -3.69. The molecule has 0 saturated heterocycles.